The van der Waals surface area contributed by atoms with Crippen LogP contribution in [0.15, 0.2) is 18.2 Å². The van der Waals surface area contributed by atoms with Gasteiger partial charge in [-0.05, 0) is 61.6 Å². The van der Waals surface area contributed by atoms with Crippen LogP contribution in [0.2, 0.25) is 5.02 Å². The van der Waals surface area contributed by atoms with Crippen molar-refractivity contribution < 1.29 is 14.4 Å². The lowest BCUT2D eigenvalue weighted by Gasteiger charge is -2.40. The molecule has 2 aliphatic rings. The number of urea groups is 1. The number of benzene rings is 1. The normalized spacial score (nSPS) is 25.2. The van der Waals surface area contributed by atoms with E-state index in [1.165, 1.54) is 0 Å². The van der Waals surface area contributed by atoms with Gasteiger partial charge in [-0.2, -0.15) is 0 Å². The molecule has 1 saturated heterocycles. The van der Waals surface area contributed by atoms with E-state index in [0.717, 1.165) is 23.3 Å². The summed E-state index contributed by atoms with van der Waals surface area (Å²) < 4.78 is 0. The Kier molecular flexibility index (Phi) is 5.45. The Labute approximate surface area is 171 Å². The van der Waals surface area contributed by atoms with Crippen molar-refractivity contribution >= 4 is 35.1 Å². The molecule has 6 nitrogen and oxygen atoms in total. The summed E-state index contributed by atoms with van der Waals surface area (Å²) in [6, 6.07) is 4.70. The van der Waals surface area contributed by atoms with Crippen LogP contribution in [0.4, 0.5) is 10.5 Å². The van der Waals surface area contributed by atoms with Gasteiger partial charge in [0.25, 0.3) is 5.91 Å². The lowest BCUT2D eigenvalue weighted by molar-refractivity contribution is -0.135. The summed E-state index contributed by atoms with van der Waals surface area (Å²) in [5.41, 5.74) is 0.754. The number of anilines is 1. The van der Waals surface area contributed by atoms with Gasteiger partial charge in [0.2, 0.25) is 5.91 Å². The molecule has 1 saturated carbocycles. The SMILES string of the molecule is Cc1ccc(Cl)cc1NC(=O)CN1C(=O)NC2(CCC(C(C)(C)C)CC2)C1=O. The molecule has 0 aromatic heterocycles. The molecule has 2 N–H and O–H groups in total. The van der Waals surface area contributed by atoms with Gasteiger partial charge in [-0.1, -0.05) is 38.4 Å². The van der Waals surface area contributed by atoms with E-state index < -0.39 is 17.5 Å². The van der Waals surface area contributed by atoms with Gasteiger partial charge in [0.1, 0.15) is 12.1 Å². The Morgan fingerprint density at radius 2 is 1.93 bits per heavy atom. The monoisotopic (exact) mass is 405 g/mol. The summed E-state index contributed by atoms with van der Waals surface area (Å²) in [5.74, 6) is -0.192. The molecule has 0 atom stereocenters. The average Bonchev–Trinajstić information content (AvgIpc) is 2.82. The molecule has 1 aliphatic carbocycles. The number of imide groups is 1. The molecule has 3 rings (SSSR count). The molecular weight excluding hydrogens is 378 g/mol. The quantitative estimate of drug-likeness (QED) is 0.742. The molecule has 1 heterocycles. The number of carbonyl (C=O) groups excluding carboxylic acids is 3. The molecule has 1 aliphatic heterocycles. The lowest BCUT2D eigenvalue weighted by Crippen LogP contribution is -2.51. The van der Waals surface area contributed by atoms with E-state index in [0.29, 0.717) is 29.5 Å². The maximum absolute atomic E-state index is 13.0. The fourth-order valence-corrected chi connectivity index (χ4v) is 4.37. The van der Waals surface area contributed by atoms with Crippen LogP contribution in [-0.4, -0.2) is 34.8 Å². The molecule has 1 spiro atoms. The van der Waals surface area contributed by atoms with Gasteiger partial charge in [-0.25, -0.2) is 4.79 Å². The van der Waals surface area contributed by atoms with Gasteiger partial charge in [-0.15, -0.1) is 0 Å². The van der Waals surface area contributed by atoms with Crippen LogP contribution in [0.25, 0.3) is 0 Å². The van der Waals surface area contributed by atoms with Crippen molar-refractivity contribution in [3.05, 3.63) is 28.8 Å². The molecule has 2 fully saturated rings. The van der Waals surface area contributed by atoms with Crippen LogP contribution in [0.1, 0.15) is 52.0 Å². The average molecular weight is 406 g/mol. The first-order chi connectivity index (χ1) is 13.0. The third kappa shape index (κ3) is 4.02. The third-order valence-corrected chi connectivity index (χ3v) is 6.32. The molecular formula is C21H28ClN3O3. The molecule has 0 bridgehead atoms. The number of carbonyl (C=O) groups is 3. The first-order valence-electron chi connectivity index (χ1n) is 9.72. The Balaban J connectivity index is 1.66. The van der Waals surface area contributed by atoms with Crippen LogP contribution < -0.4 is 10.6 Å². The van der Waals surface area contributed by atoms with Crippen LogP contribution in [0.3, 0.4) is 0 Å². The van der Waals surface area contributed by atoms with Gasteiger partial charge >= 0.3 is 6.03 Å². The molecule has 7 heteroatoms. The first-order valence-corrected chi connectivity index (χ1v) is 10.1. The number of nitrogens with zero attached hydrogens (tertiary/aromatic N) is 1. The topological polar surface area (TPSA) is 78.5 Å². The molecule has 152 valence electrons. The first kappa shape index (κ1) is 20.6. The molecule has 1 aromatic carbocycles. The zero-order valence-corrected chi connectivity index (χ0v) is 17.7. The summed E-state index contributed by atoms with van der Waals surface area (Å²) in [6.07, 6.45) is 3.00. The number of amides is 4. The van der Waals surface area contributed by atoms with E-state index in [1.54, 1.807) is 18.2 Å². The summed E-state index contributed by atoms with van der Waals surface area (Å²) in [4.78, 5) is 38.9. The smallest absolute Gasteiger partial charge is 0.324 e. The maximum Gasteiger partial charge on any atom is 0.325 e. The maximum atomic E-state index is 13.0. The predicted octanol–water partition coefficient (Wildman–Crippen LogP) is 4.11. The third-order valence-electron chi connectivity index (χ3n) is 6.09. The highest BCUT2D eigenvalue weighted by atomic mass is 35.5. The number of halogens is 1. The number of aryl methyl sites for hydroxylation is 1. The van der Waals surface area contributed by atoms with E-state index in [2.05, 4.69) is 31.4 Å². The van der Waals surface area contributed by atoms with Crippen molar-refractivity contribution in [3.8, 4) is 0 Å². The largest absolute Gasteiger partial charge is 0.325 e. The minimum Gasteiger partial charge on any atom is -0.324 e. The second-order valence-electron chi connectivity index (χ2n) is 9.05. The van der Waals surface area contributed by atoms with Crippen molar-refractivity contribution in [1.82, 2.24) is 10.2 Å². The van der Waals surface area contributed by atoms with Gasteiger partial charge in [0, 0.05) is 10.7 Å². The minimum atomic E-state index is -0.856. The van der Waals surface area contributed by atoms with E-state index in [4.69, 9.17) is 11.6 Å². The molecule has 1 aromatic rings. The molecule has 28 heavy (non-hydrogen) atoms. The second kappa shape index (κ2) is 7.39. The molecule has 0 radical (unpaired) electrons. The fourth-order valence-electron chi connectivity index (χ4n) is 4.20. The van der Waals surface area contributed by atoms with E-state index in [1.807, 2.05) is 6.92 Å². The van der Waals surface area contributed by atoms with Crippen molar-refractivity contribution in [2.45, 2.75) is 58.9 Å². The number of nitrogens with one attached hydrogen (secondary N) is 2. The second-order valence-corrected chi connectivity index (χ2v) is 9.49. The van der Waals surface area contributed by atoms with Gasteiger partial charge in [0.15, 0.2) is 0 Å². The fraction of sp³-hybridized carbons (Fsp3) is 0.571. The number of hydrogen-bond donors (Lipinski definition) is 2. The zero-order chi connectivity index (χ0) is 20.7. The standard InChI is InChI=1S/C21H28ClN3O3/c1-13-5-6-15(22)11-16(13)23-17(26)12-25-18(27)21(24-19(25)28)9-7-14(8-10-21)20(2,3)4/h5-6,11,14H,7-10,12H2,1-4H3,(H,23,26)(H,24,28). The van der Waals surface area contributed by atoms with Crippen LogP contribution in [-0.2, 0) is 9.59 Å². The lowest BCUT2D eigenvalue weighted by atomic mass is 9.67. The van der Waals surface area contributed by atoms with Crippen LogP contribution in [0.5, 0.6) is 0 Å². The van der Waals surface area contributed by atoms with E-state index in [-0.39, 0.29) is 17.9 Å². The Bertz CT molecular complexity index is 808. The number of rotatable bonds is 3. The van der Waals surface area contributed by atoms with Crippen molar-refractivity contribution in [2.24, 2.45) is 11.3 Å². The zero-order valence-electron chi connectivity index (χ0n) is 16.9. The summed E-state index contributed by atoms with van der Waals surface area (Å²) in [7, 11) is 0. The van der Waals surface area contributed by atoms with Gasteiger partial charge in [0.05, 0.1) is 0 Å². The minimum absolute atomic E-state index is 0.182. The molecule has 0 unspecified atom stereocenters. The van der Waals surface area contributed by atoms with Crippen molar-refractivity contribution in [1.29, 1.82) is 0 Å². The Morgan fingerprint density at radius 3 is 2.54 bits per heavy atom. The van der Waals surface area contributed by atoms with Crippen LogP contribution in [0, 0.1) is 18.3 Å². The summed E-state index contributed by atoms with van der Waals surface area (Å²) in [5, 5.41) is 6.11. The van der Waals surface area contributed by atoms with Gasteiger partial charge in [-0.3, -0.25) is 14.5 Å². The van der Waals surface area contributed by atoms with Gasteiger partial charge < -0.3 is 10.6 Å². The van der Waals surface area contributed by atoms with Crippen molar-refractivity contribution in [3.63, 3.8) is 0 Å². The van der Waals surface area contributed by atoms with Crippen molar-refractivity contribution in [2.75, 3.05) is 11.9 Å². The Hall–Kier alpha value is -2.08. The highest BCUT2D eigenvalue weighted by molar-refractivity contribution is 6.31. The van der Waals surface area contributed by atoms with E-state index >= 15 is 0 Å². The highest BCUT2D eigenvalue weighted by Gasteiger charge is 2.53. The Morgan fingerprint density at radius 1 is 1.29 bits per heavy atom. The summed E-state index contributed by atoms with van der Waals surface area (Å²) >= 11 is 5.98. The van der Waals surface area contributed by atoms with E-state index in [9.17, 15) is 14.4 Å². The molecule has 4 amide bonds. The number of hydrogen-bond acceptors (Lipinski definition) is 3. The highest BCUT2D eigenvalue weighted by Crippen LogP contribution is 2.43. The predicted molar refractivity (Wildman–Crippen MR) is 109 cm³/mol. The summed E-state index contributed by atoms with van der Waals surface area (Å²) in [6.45, 7) is 8.17. The van der Waals surface area contributed by atoms with Crippen LogP contribution >= 0.6 is 11.6 Å².